The van der Waals surface area contributed by atoms with E-state index in [1.807, 2.05) is 0 Å². The number of nitrogens with zero attached hydrogens (tertiary/aromatic N) is 2. The van der Waals surface area contributed by atoms with Crippen molar-refractivity contribution in [3.05, 3.63) is 35.9 Å². The average Bonchev–Trinajstić information content (AvgIpc) is 2.56. The van der Waals surface area contributed by atoms with Gasteiger partial charge in [0.2, 0.25) is 0 Å². The fraction of sp³-hybridized carbons (Fsp3) is 0.462. The molecule has 0 aliphatic heterocycles. The van der Waals surface area contributed by atoms with Gasteiger partial charge in [0.25, 0.3) is 0 Å². The lowest BCUT2D eigenvalue weighted by Crippen LogP contribution is -1.95. The summed E-state index contributed by atoms with van der Waals surface area (Å²) in [5.41, 5.74) is 2.45. The molecular weight excluding hydrogens is 184 g/mol. The largest absolute Gasteiger partial charge is 0.303 e. The van der Waals surface area contributed by atoms with E-state index in [4.69, 9.17) is 4.98 Å². The van der Waals surface area contributed by atoms with Crippen molar-refractivity contribution in [3.8, 4) is 0 Å². The SMILES string of the molecule is CC(C)c1nc(C(C)C)n2ccccc12. The lowest BCUT2D eigenvalue weighted by Gasteiger charge is -2.02. The maximum absolute atomic E-state index is 4.75. The van der Waals surface area contributed by atoms with Gasteiger partial charge in [0.1, 0.15) is 5.82 Å². The number of fused-ring (bicyclic) bond motifs is 1. The summed E-state index contributed by atoms with van der Waals surface area (Å²) in [7, 11) is 0. The highest BCUT2D eigenvalue weighted by Gasteiger charge is 2.14. The van der Waals surface area contributed by atoms with Crippen LogP contribution in [-0.4, -0.2) is 9.38 Å². The first-order chi connectivity index (χ1) is 7.11. The summed E-state index contributed by atoms with van der Waals surface area (Å²) < 4.78 is 2.21. The Kier molecular flexibility index (Phi) is 2.51. The molecule has 0 aromatic carbocycles. The molecule has 2 heterocycles. The lowest BCUT2D eigenvalue weighted by atomic mass is 10.1. The van der Waals surface area contributed by atoms with Gasteiger partial charge >= 0.3 is 0 Å². The molecule has 2 heteroatoms. The Balaban J connectivity index is 2.73. The number of imidazole rings is 1. The van der Waals surface area contributed by atoms with Gasteiger partial charge in [-0.15, -0.1) is 0 Å². The predicted octanol–water partition coefficient (Wildman–Crippen LogP) is 3.58. The van der Waals surface area contributed by atoms with E-state index in [0.29, 0.717) is 11.8 Å². The Morgan fingerprint density at radius 1 is 1.07 bits per heavy atom. The van der Waals surface area contributed by atoms with Gasteiger partial charge in [-0.25, -0.2) is 4.98 Å². The zero-order valence-corrected chi connectivity index (χ0v) is 9.86. The van der Waals surface area contributed by atoms with Crippen LogP contribution in [0.4, 0.5) is 0 Å². The van der Waals surface area contributed by atoms with E-state index >= 15 is 0 Å². The molecule has 2 aromatic rings. The first-order valence-corrected chi connectivity index (χ1v) is 5.58. The van der Waals surface area contributed by atoms with Crippen LogP contribution in [0.25, 0.3) is 5.52 Å². The van der Waals surface area contributed by atoms with E-state index < -0.39 is 0 Å². The normalized spacial score (nSPS) is 11.9. The first-order valence-electron chi connectivity index (χ1n) is 5.58. The Morgan fingerprint density at radius 2 is 1.80 bits per heavy atom. The van der Waals surface area contributed by atoms with Crippen molar-refractivity contribution in [1.29, 1.82) is 0 Å². The Hall–Kier alpha value is -1.31. The summed E-state index contributed by atoms with van der Waals surface area (Å²) in [5.74, 6) is 2.11. The van der Waals surface area contributed by atoms with Crippen molar-refractivity contribution in [1.82, 2.24) is 9.38 Å². The van der Waals surface area contributed by atoms with Gasteiger partial charge in [-0.1, -0.05) is 33.8 Å². The molecule has 2 aromatic heterocycles. The van der Waals surface area contributed by atoms with Crippen molar-refractivity contribution < 1.29 is 0 Å². The zero-order valence-electron chi connectivity index (χ0n) is 9.86. The third-order valence-electron chi connectivity index (χ3n) is 2.67. The second-order valence-electron chi connectivity index (χ2n) is 4.62. The molecule has 0 saturated carbocycles. The highest BCUT2D eigenvalue weighted by molar-refractivity contribution is 5.54. The molecule has 0 atom stereocenters. The molecule has 0 radical (unpaired) electrons. The van der Waals surface area contributed by atoms with Crippen LogP contribution >= 0.6 is 0 Å². The van der Waals surface area contributed by atoms with Gasteiger partial charge in [-0.05, 0) is 18.1 Å². The summed E-state index contributed by atoms with van der Waals surface area (Å²) in [6, 6.07) is 6.28. The van der Waals surface area contributed by atoms with Crippen molar-refractivity contribution in [2.45, 2.75) is 39.5 Å². The average molecular weight is 202 g/mol. The minimum Gasteiger partial charge on any atom is -0.303 e. The Labute approximate surface area is 91.0 Å². The topological polar surface area (TPSA) is 17.3 Å². The summed E-state index contributed by atoms with van der Waals surface area (Å²) in [6.45, 7) is 8.76. The summed E-state index contributed by atoms with van der Waals surface area (Å²) in [4.78, 5) is 4.75. The fourth-order valence-electron chi connectivity index (χ4n) is 1.92. The van der Waals surface area contributed by atoms with Crippen LogP contribution in [-0.2, 0) is 0 Å². The monoisotopic (exact) mass is 202 g/mol. The molecule has 0 spiro atoms. The minimum absolute atomic E-state index is 0.465. The molecule has 2 rings (SSSR count). The fourth-order valence-corrected chi connectivity index (χ4v) is 1.92. The summed E-state index contributed by atoms with van der Waals surface area (Å²) >= 11 is 0. The molecule has 0 aliphatic rings. The maximum atomic E-state index is 4.75. The molecule has 2 nitrogen and oxygen atoms in total. The van der Waals surface area contributed by atoms with Crippen LogP contribution in [0.5, 0.6) is 0 Å². The van der Waals surface area contributed by atoms with E-state index in [9.17, 15) is 0 Å². The lowest BCUT2D eigenvalue weighted by molar-refractivity contribution is 0.754. The van der Waals surface area contributed by atoms with Gasteiger partial charge in [-0.2, -0.15) is 0 Å². The van der Waals surface area contributed by atoms with Gasteiger partial charge in [0.15, 0.2) is 0 Å². The number of aromatic nitrogens is 2. The molecule has 15 heavy (non-hydrogen) atoms. The van der Waals surface area contributed by atoms with Crippen LogP contribution in [0.1, 0.15) is 51.0 Å². The molecule has 0 N–H and O–H groups in total. The standard InChI is InChI=1S/C13H18N2/c1-9(2)12-11-7-5-6-8-15(11)13(14-12)10(3)4/h5-10H,1-4H3. The number of rotatable bonds is 2. The molecule has 0 saturated heterocycles. The van der Waals surface area contributed by atoms with E-state index in [1.54, 1.807) is 0 Å². The minimum atomic E-state index is 0.465. The molecule has 0 unspecified atom stereocenters. The van der Waals surface area contributed by atoms with Gasteiger partial charge in [0, 0.05) is 12.1 Å². The summed E-state index contributed by atoms with van der Waals surface area (Å²) in [6.07, 6.45) is 2.10. The third-order valence-corrected chi connectivity index (χ3v) is 2.67. The molecule has 0 bridgehead atoms. The van der Waals surface area contributed by atoms with Crippen LogP contribution in [0, 0.1) is 0 Å². The number of hydrogen-bond acceptors (Lipinski definition) is 1. The quantitative estimate of drug-likeness (QED) is 0.727. The number of pyridine rings is 1. The highest BCUT2D eigenvalue weighted by atomic mass is 15.0. The van der Waals surface area contributed by atoms with Crippen molar-refractivity contribution in [2.75, 3.05) is 0 Å². The third kappa shape index (κ3) is 1.65. The second kappa shape index (κ2) is 3.69. The van der Waals surface area contributed by atoms with Crippen LogP contribution in [0.3, 0.4) is 0 Å². The van der Waals surface area contributed by atoms with E-state index in [0.717, 1.165) is 5.82 Å². The molecule has 0 fully saturated rings. The van der Waals surface area contributed by atoms with Gasteiger partial charge in [0.05, 0.1) is 11.2 Å². The Bertz CT molecular complexity index is 424. The van der Waals surface area contributed by atoms with Crippen LogP contribution < -0.4 is 0 Å². The van der Waals surface area contributed by atoms with Gasteiger partial charge in [-0.3, -0.25) is 0 Å². The maximum Gasteiger partial charge on any atom is 0.116 e. The van der Waals surface area contributed by atoms with Gasteiger partial charge < -0.3 is 4.40 Å². The predicted molar refractivity (Wildman–Crippen MR) is 63.4 cm³/mol. The van der Waals surface area contributed by atoms with Crippen LogP contribution in [0.2, 0.25) is 0 Å². The van der Waals surface area contributed by atoms with E-state index in [2.05, 4.69) is 56.5 Å². The van der Waals surface area contributed by atoms with Crippen molar-refractivity contribution in [2.24, 2.45) is 0 Å². The molecule has 0 amide bonds. The van der Waals surface area contributed by atoms with Crippen molar-refractivity contribution in [3.63, 3.8) is 0 Å². The Morgan fingerprint density at radius 3 is 2.40 bits per heavy atom. The zero-order chi connectivity index (χ0) is 11.0. The van der Waals surface area contributed by atoms with E-state index in [-0.39, 0.29) is 0 Å². The second-order valence-corrected chi connectivity index (χ2v) is 4.62. The first kappa shape index (κ1) is 10.2. The van der Waals surface area contributed by atoms with E-state index in [1.165, 1.54) is 11.2 Å². The molecule has 80 valence electrons. The van der Waals surface area contributed by atoms with Crippen molar-refractivity contribution >= 4 is 5.52 Å². The molecular formula is C13H18N2. The molecule has 0 aliphatic carbocycles. The van der Waals surface area contributed by atoms with Crippen LogP contribution in [0.15, 0.2) is 24.4 Å². The summed E-state index contributed by atoms with van der Waals surface area (Å²) in [5, 5.41) is 0. The smallest absolute Gasteiger partial charge is 0.116 e. The highest BCUT2D eigenvalue weighted by Crippen LogP contribution is 2.24. The number of hydrogen-bond donors (Lipinski definition) is 0.